The van der Waals surface area contributed by atoms with Gasteiger partial charge in [0.15, 0.2) is 5.65 Å². The lowest BCUT2D eigenvalue weighted by Crippen LogP contribution is -2.40. The van der Waals surface area contributed by atoms with Gasteiger partial charge in [-0.3, -0.25) is 0 Å². The van der Waals surface area contributed by atoms with E-state index in [9.17, 15) is 0 Å². The van der Waals surface area contributed by atoms with Crippen LogP contribution in [-0.4, -0.2) is 55.1 Å². The van der Waals surface area contributed by atoms with E-state index in [0.717, 1.165) is 78.6 Å². The summed E-state index contributed by atoms with van der Waals surface area (Å²) in [6.45, 7) is 7.97. The van der Waals surface area contributed by atoms with E-state index in [-0.39, 0.29) is 6.04 Å². The Bertz CT molecular complexity index is 1340. The van der Waals surface area contributed by atoms with Crippen molar-refractivity contribution in [2.45, 2.75) is 58.2 Å². The predicted molar refractivity (Wildman–Crippen MR) is 139 cm³/mol. The molecule has 0 radical (unpaired) electrons. The number of para-hydroxylation sites is 1. The maximum absolute atomic E-state index is 6.14. The monoisotopic (exact) mass is 487 g/mol. The van der Waals surface area contributed by atoms with Crippen LogP contribution in [0.5, 0.6) is 0 Å². The highest BCUT2D eigenvalue weighted by atomic mass is 16.5. The Balaban J connectivity index is 1.33. The highest BCUT2D eigenvalue weighted by Crippen LogP contribution is 2.26. The van der Waals surface area contributed by atoms with Gasteiger partial charge in [-0.15, -0.1) is 0 Å². The quantitative estimate of drug-likeness (QED) is 0.427. The number of nitrogens with zero attached hydrogens (tertiary/aromatic N) is 7. The molecular formula is C26H33N9O. The van der Waals surface area contributed by atoms with Gasteiger partial charge < -0.3 is 20.7 Å². The lowest BCUT2D eigenvalue weighted by atomic mass is 10.1. The summed E-state index contributed by atoms with van der Waals surface area (Å²) in [6, 6.07) is 8.56. The second kappa shape index (κ2) is 9.51. The van der Waals surface area contributed by atoms with Crippen molar-refractivity contribution < 1.29 is 4.74 Å². The summed E-state index contributed by atoms with van der Waals surface area (Å²) in [6.07, 6.45) is 6.72. The molecular weight excluding hydrogens is 454 g/mol. The number of aromatic nitrogens is 6. The molecule has 3 N–H and O–H groups in total. The van der Waals surface area contributed by atoms with Gasteiger partial charge in [0.05, 0.1) is 30.8 Å². The van der Waals surface area contributed by atoms with Crippen LogP contribution in [0.25, 0.3) is 11.3 Å². The second-order valence-corrected chi connectivity index (χ2v) is 9.99. The van der Waals surface area contributed by atoms with Gasteiger partial charge in [0.2, 0.25) is 11.9 Å². The first-order valence-electron chi connectivity index (χ1n) is 12.8. The van der Waals surface area contributed by atoms with Crippen LogP contribution in [0, 0.1) is 0 Å². The van der Waals surface area contributed by atoms with Crippen LogP contribution in [0.2, 0.25) is 0 Å². The molecule has 0 aliphatic carbocycles. The van der Waals surface area contributed by atoms with Gasteiger partial charge in [0.1, 0.15) is 0 Å². The number of nitrogens with two attached hydrogens (primary N) is 1. The number of hydrogen-bond acceptors (Lipinski definition) is 8. The molecule has 0 atom stereocenters. The van der Waals surface area contributed by atoms with Crippen LogP contribution in [0.4, 0.5) is 11.9 Å². The number of fused-ring (bicyclic) bond motifs is 2. The van der Waals surface area contributed by atoms with E-state index in [1.807, 2.05) is 21.5 Å². The average molecular weight is 488 g/mol. The van der Waals surface area contributed by atoms with E-state index in [4.69, 9.17) is 25.5 Å². The number of piperidine rings is 1. The highest BCUT2D eigenvalue weighted by molar-refractivity contribution is 5.56. The zero-order chi connectivity index (χ0) is 24.6. The van der Waals surface area contributed by atoms with E-state index in [0.29, 0.717) is 25.0 Å². The standard InChI is InChI=1S/C26H33N9O/c1-17(2)21-14-29-35-24(21)30-26(33-10-7-20(27)8-11-33)31-25(35)28-13-18-5-3-4-6-23(18)34-15-19-16-36-12-9-22(19)32-34/h3-6,14-15,17,20H,7-13,16,27H2,1-2H3,(H,28,30,31). The molecule has 1 fully saturated rings. The van der Waals surface area contributed by atoms with Crippen molar-refractivity contribution in [3.8, 4) is 5.69 Å². The Hall–Kier alpha value is -3.50. The van der Waals surface area contributed by atoms with Crippen LogP contribution < -0.4 is 16.0 Å². The second-order valence-electron chi connectivity index (χ2n) is 9.99. The number of benzene rings is 1. The fourth-order valence-electron chi connectivity index (χ4n) is 4.95. The maximum atomic E-state index is 6.14. The molecule has 0 spiro atoms. The van der Waals surface area contributed by atoms with Crippen molar-refractivity contribution in [1.29, 1.82) is 0 Å². The average Bonchev–Trinajstić information content (AvgIpc) is 3.52. The smallest absolute Gasteiger partial charge is 0.230 e. The predicted octanol–water partition coefficient (Wildman–Crippen LogP) is 3.05. The van der Waals surface area contributed by atoms with Crippen molar-refractivity contribution in [2.75, 3.05) is 29.9 Å². The summed E-state index contributed by atoms with van der Waals surface area (Å²) >= 11 is 0. The molecule has 1 aromatic carbocycles. The lowest BCUT2D eigenvalue weighted by molar-refractivity contribution is 0.110. The van der Waals surface area contributed by atoms with Crippen molar-refractivity contribution in [2.24, 2.45) is 5.73 Å². The molecule has 3 aromatic heterocycles. The van der Waals surface area contributed by atoms with Gasteiger partial charge in [-0.05, 0) is 30.4 Å². The summed E-state index contributed by atoms with van der Waals surface area (Å²) in [5.41, 5.74) is 12.5. The molecule has 0 amide bonds. The summed E-state index contributed by atoms with van der Waals surface area (Å²) in [5, 5.41) is 13.0. The van der Waals surface area contributed by atoms with E-state index in [1.165, 1.54) is 0 Å². The van der Waals surface area contributed by atoms with Crippen LogP contribution in [0.3, 0.4) is 0 Å². The molecule has 4 aromatic rings. The van der Waals surface area contributed by atoms with Crippen molar-refractivity contribution >= 4 is 17.5 Å². The SMILES string of the molecule is CC(C)c1cnn2c(NCc3ccccc3-n3cc4c(n3)CCOC4)nc(N3CCC(N)CC3)nc12. The van der Waals surface area contributed by atoms with Crippen molar-refractivity contribution in [1.82, 2.24) is 29.4 Å². The number of hydrogen-bond donors (Lipinski definition) is 2. The third kappa shape index (κ3) is 4.31. The molecule has 10 heteroatoms. The molecule has 36 heavy (non-hydrogen) atoms. The number of anilines is 2. The van der Waals surface area contributed by atoms with Gasteiger partial charge in [0.25, 0.3) is 0 Å². The summed E-state index contributed by atoms with van der Waals surface area (Å²) in [5.74, 6) is 1.72. The Morgan fingerprint density at radius 2 is 2.00 bits per heavy atom. The minimum atomic E-state index is 0.250. The molecule has 10 nitrogen and oxygen atoms in total. The van der Waals surface area contributed by atoms with Crippen molar-refractivity contribution in [3.63, 3.8) is 0 Å². The summed E-state index contributed by atoms with van der Waals surface area (Å²) < 4.78 is 9.40. The molecule has 2 aliphatic rings. The first kappa shape index (κ1) is 22.9. The third-order valence-electron chi connectivity index (χ3n) is 7.12. The molecule has 5 heterocycles. The van der Waals surface area contributed by atoms with Crippen molar-refractivity contribution in [3.05, 3.63) is 59.0 Å². The van der Waals surface area contributed by atoms with Crippen LogP contribution in [-0.2, 0) is 24.3 Å². The van der Waals surface area contributed by atoms with Crippen LogP contribution >= 0.6 is 0 Å². The topological polar surface area (TPSA) is 111 Å². The number of nitrogens with one attached hydrogen (secondary N) is 1. The largest absolute Gasteiger partial charge is 0.376 e. The number of rotatable bonds is 6. The summed E-state index contributed by atoms with van der Waals surface area (Å²) in [7, 11) is 0. The summed E-state index contributed by atoms with van der Waals surface area (Å²) in [4.78, 5) is 12.1. The third-order valence-corrected chi connectivity index (χ3v) is 7.12. The van der Waals surface area contributed by atoms with Gasteiger partial charge in [0, 0.05) is 49.4 Å². The Labute approximate surface area is 210 Å². The zero-order valence-electron chi connectivity index (χ0n) is 20.9. The Kier molecular flexibility index (Phi) is 6.06. The van der Waals surface area contributed by atoms with Gasteiger partial charge in [-0.1, -0.05) is 32.0 Å². The minimum absolute atomic E-state index is 0.250. The molecule has 2 aliphatic heterocycles. The molecule has 188 valence electrons. The maximum Gasteiger partial charge on any atom is 0.230 e. The Morgan fingerprint density at radius 3 is 2.81 bits per heavy atom. The normalized spacial score (nSPS) is 16.6. The lowest BCUT2D eigenvalue weighted by Gasteiger charge is -2.30. The van der Waals surface area contributed by atoms with Gasteiger partial charge in [-0.25, -0.2) is 4.68 Å². The van der Waals surface area contributed by atoms with Gasteiger partial charge >= 0.3 is 0 Å². The first-order valence-corrected chi connectivity index (χ1v) is 12.8. The fraction of sp³-hybridized carbons (Fsp3) is 0.462. The van der Waals surface area contributed by atoms with E-state index in [2.05, 4.69) is 53.6 Å². The molecule has 0 unspecified atom stereocenters. The molecule has 1 saturated heterocycles. The minimum Gasteiger partial charge on any atom is -0.376 e. The Morgan fingerprint density at radius 1 is 1.17 bits per heavy atom. The van der Waals surface area contributed by atoms with Crippen LogP contribution in [0.1, 0.15) is 55.0 Å². The van der Waals surface area contributed by atoms with Gasteiger partial charge in [-0.2, -0.15) is 24.7 Å². The first-order chi connectivity index (χ1) is 17.6. The number of ether oxygens (including phenoxy) is 1. The molecule has 0 bridgehead atoms. The van der Waals surface area contributed by atoms with E-state index in [1.54, 1.807) is 0 Å². The molecule has 0 saturated carbocycles. The van der Waals surface area contributed by atoms with Crippen LogP contribution in [0.15, 0.2) is 36.7 Å². The fourth-order valence-corrected chi connectivity index (χ4v) is 4.95. The highest BCUT2D eigenvalue weighted by Gasteiger charge is 2.22. The zero-order valence-corrected chi connectivity index (χ0v) is 20.9. The van der Waals surface area contributed by atoms with E-state index >= 15 is 0 Å². The molecule has 6 rings (SSSR count). The van der Waals surface area contributed by atoms with E-state index < -0.39 is 0 Å².